The van der Waals surface area contributed by atoms with E-state index in [1.165, 1.54) is 12.1 Å². The van der Waals surface area contributed by atoms with Gasteiger partial charge >= 0.3 is 18.3 Å². The number of carboxylic acids is 1. The summed E-state index contributed by atoms with van der Waals surface area (Å²) in [6.07, 6.45) is -9.89. The van der Waals surface area contributed by atoms with Crippen LogP contribution in [-0.4, -0.2) is 11.1 Å². The molecule has 2 aromatic carbocycles. The maximum Gasteiger partial charge on any atom is 0.416 e. The van der Waals surface area contributed by atoms with Gasteiger partial charge in [-0.1, -0.05) is 18.2 Å². The van der Waals surface area contributed by atoms with Crippen LogP contribution in [0.2, 0.25) is 0 Å². The van der Waals surface area contributed by atoms with Crippen LogP contribution in [-0.2, 0) is 29.3 Å². The number of benzene rings is 2. The summed E-state index contributed by atoms with van der Waals surface area (Å²) in [6, 6.07) is 7.47. The Labute approximate surface area is 148 Å². The van der Waals surface area contributed by atoms with Crippen molar-refractivity contribution >= 4 is 17.7 Å². The fourth-order valence-corrected chi connectivity index (χ4v) is 3.33. The largest absolute Gasteiger partial charge is 0.481 e. The average molecular weight is 394 g/mol. The first-order valence-electron chi connectivity index (χ1n) is 7.18. The van der Waals surface area contributed by atoms with E-state index in [9.17, 15) is 31.1 Å². The Morgan fingerprint density at radius 3 is 2.15 bits per heavy atom. The van der Waals surface area contributed by atoms with Crippen LogP contribution in [0, 0.1) is 0 Å². The Bertz CT molecular complexity index is 799. The summed E-state index contributed by atoms with van der Waals surface area (Å²) in [5.74, 6) is -1.50. The number of hydrogen-bond acceptors (Lipinski definition) is 2. The van der Waals surface area contributed by atoms with E-state index in [0.717, 1.165) is 11.8 Å². The van der Waals surface area contributed by atoms with Gasteiger partial charge in [-0.25, -0.2) is 0 Å². The van der Waals surface area contributed by atoms with E-state index in [1.54, 1.807) is 12.1 Å². The minimum Gasteiger partial charge on any atom is -0.481 e. The predicted octanol–water partition coefficient (Wildman–Crippen LogP) is 5.64. The monoisotopic (exact) mass is 394 g/mol. The number of carboxylic acid groups (broad SMARTS) is 1. The third kappa shape index (κ3) is 5.17. The summed E-state index contributed by atoms with van der Waals surface area (Å²) in [5.41, 5.74) is -2.44. The first-order chi connectivity index (χ1) is 12.0. The van der Waals surface area contributed by atoms with Gasteiger partial charge in [-0.15, -0.1) is 11.8 Å². The second kappa shape index (κ2) is 7.61. The van der Waals surface area contributed by atoms with Crippen LogP contribution in [0.25, 0.3) is 0 Å². The molecule has 2 nitrogen and oxygen atoms in total. The van der Waals surface area contributed by atoms with Gasteiger partial charge in [0.25, 0.3) is 0 Å². The Morgan fingerprint density at radius 2 is 1.58 bits per heavy atom. The van der Waals surface area contributed by atoms with E-state index in [2.05, 4.69) is 0 Å². The molecule has 0 amide bonds. The van der Waals surface area contributed by atoms with Crippen molar-refractivity contribution in [1.29, 1.82) is 0 Å². The van der Waals surface area contributed by atoms with Crippen molar-refractivity contribution in [2.24, 2.45) is 0 Å². The summed E-state index contributed by atoms with van der Waals surface area (Å²) in [7, 11) is 0. The lowest BCUT2D eigenvalue weighted by Gasteiger charge is -2.16. The second-order valence-electron chi connectivity index (χ2n) is 5.33. The third-order valence-electron chi connectivity index (χ3n) is 3.44. The molecule has 0 atom stereocenters. The zero-order valence-corrected chi connectivity index (χ0v) is 13.8. The summed E-state index contributed by atoms with van der Waals surface area (Å²) < 4.78 is 77.7. The number of halogens is 6. The molecule has 0 spiro atoms. The smallest absolute Gasteiger partial charge is 0.416 e. The zero-order valence-electron chi connectivity index (χ0n) is 13.0. The van der Waals surface area contributed by atoms with Crippen molar-refractivity contribution in [1.82, 2.24) is 0 Å². The van der Waals surface area contributed by atoms with E-state index < -0.39 is 35.0 Å². The lowest BCUT2D eigenvalue weighted by molar-refractivity contribution is -0.141. The van der Waals surface area contributed by atoms with Crippen molar-refractivity contribution in [2.45, 2.75) is 29.4 Å². The third-order valence-corrected chi connectivity index (χ3v) is 4.60. The van der Waals surface area contributed by atoms with Crippen LogP contribution in [0.15, 0.2) is 47.4 Å². The minimum absolute atomic E-state index is 0.335. The van der Waals surface area contributed by atoms with E-state index in [-0.39, 0.29) is 12.2 Å². The fourth-order valence-electron chi connectivity index (χ4n) is 2.28. The normalized spacial score (nSPS) is 12.2. The van der Waals surface area contributed by atoms with Crippen LogP contribution in [0.4, 0.5) is 26.3 Å². The van der Waals surface area contributed by atoms with E-state index in [0.29, 0.717) is 28.7 Å². The molecule has 0 aliphatic carbocycles. The summed E-state index contributed by atoms with van der Waals surface area (Å²) in [6.45, 7) is 0. The standard InChI is InChI=1S/C17H12F6O2S/c18-16(19,20)12-5-6-13(17(21,22)23)11(7-12)9-26-14-4-2-1-3-10(14)8-15(24)25/h1-7H,8-9H2,(H,24,25). The molecule has 0 unspecified atom stereocenters. The maximum atomic E-state index is 13.1. The highest BCUT2D eigenvalue weighted by Gasteiger charge is 2.36. The highest BCUT2D eigenvalue weighted by atomic mass is 32.2. The average Bonchev–Trinajstić information content (AvgIpc) is 2.51. The molecule has 140 valence electrons. The van der Waals surface area contributed by atoms with Gasteiger partial charge < -0.3 is 5.11 Å². The molecule has 1 N–H and O–H groups in total. The number of aliphatic carboxylic acids is 1. The van der Waals surface area contributed by atoms with Gasteiger partial charge in [0.15, 0.2) is 0 Å². The molecule has 0 fully saturated rings. The van der Waals surface area contributed by atoms with Gasteiger partial charge in [0.2, 0.25) is 0 Å². The lowest BCUT2D eigenvalue weighted by atomic mass is 10.0. The molecule has 0 saturated carbocycles. The highest BCUT2D eigenvalue weighted by Crippen LogP contribution is 2.39. The van der Waals surface area contributed by atoms with E-state index >= 15 is 0 Å². The zero-order chi connectivity index (χ0) is 19.5. The van der Waals surface area contributed by atoms with Crippen LogP contribution < -0.4 is 0 Å². The van der Waals surface area contributed by atoms with Crippen molar-refractivity contribution in [3.63, 3.8) is 0 Å². The number of alkyl halides is 6. The number of carbonyl (C=O) groups is 1. The summed E-state index contributed by atoms with van der Waals surface area (Å²) in [4.78, 5) is 11.3. The molecule has 2 aromatic rings. The number of rotatable bonds is 5. The topological polar surface area (TPSA) is 37.3 Å². The van der Waals surface area contributed by atoms with Crippen LogP contribution >= 0.6 is 11.8 Å². The van der Waals surface area contributed by atoms with Crippen LogP contribution in [0.5, 0.6) is 0 Å². The van der Waals surface area contributed by atoms with E-state index in [4.69, 9.17) is 5.11 Å². The number of thioether (sulfide) groups is 1. The maximum absolute atomic E-state index is 13.1. The first-order valence-corrected chi connectivity index (χ1v) is 8.17. The van der Waals surface area contributed by atoms with Crippen LogP contribution in [0.1, 0.15) is 22.3 Å². The van der Waals surface area contributed by atoms with E-state index in [1.807, 2.05) is 0 Å². The molecule has 26 heavy (non-hydrogen) atoms. The second-order valence-corrected chi connectivity index (χ2v) is 6.35. The van der Waals surface area contributed by atoms with Gasteiger partial charge in [-0.2, -0.15) is 26.3 Å². The molecule has 2 rings (SSSR count). The first kappa shape index (κ1) is 20.2. The Morgan fingerprint density at radius 1 is 0.923 bits per heavy atom. The Kier molecular flexibility index (Phi) is 5.90. The fraction of sp³-hybridized carbons (Fsp3) is 0.235. The molecular formula is C17H12F6O2S. The summed E-state index contributed by atoms with van der Waals surface area (Å²) in [5, 5.41) is 8.87. The molecule has 0 aliphatic rings. The van der Waals surface area contributed by atoms with Gasteiger partial charge in [0, 0.05) is 10.6 Å². The molecule has 0 aliphatic heterocycles. The van der Waals surface area contributed by atoms with Gasteiger partial charge in [0.1, 0.15) is 0 Å². The molecule has 0 bridgehead atoms. The highest BCUT2D eigenvalue weighted by molar-refractivity contribution is 7.98. The summed E-state index contributed by atoms with van der Waals surface area (Å²) >= 11 is 0.861. The molecule has 0 aromatic heterocycles. The molecule has 0 radical (unpaired) electrons. The van der Waals surface area contributed by atoms with Gasteiger partial charge in [-0.3, -0.25) is 4.79 Å². The van der Waals surface area contributed by atoms with Crippen molar-refractivity contribution in [3.8, 4) is 0 Å². The Hall–Kier alpha value is -2.16. The Balaban J connectivity index is 2.35. The van der Waals surface area contributed by atoms with Gasteiger partial charge in [-0.05, 0) is 35.4 Å². The molecule has 0 saturated heterocycles. The SMILES string of the molecule is O=C(O)Cc1ccccc1SCc1cc(C(F)(F)F)ccc1C(F)(F)F. The van der Waals surface area contributed by atoms with Gasteiger partial charge in [0.05, 0.1) is 17.5 Å². The quantitative estimate of drug-likeness (QED) is 0.527. The molecule has 0 heterocycles. The van der Waals surface area contributed by atoms with Crippen molar-refractivity contribution < 1.29 is 36.2 Å². The molecule has 9 heteroatoms. The van der Waals surface area contributed by atoms with Crippen molar-refractivity contribution in [3.05, 3.63) is 64.7 Å². The van der Waals surface area contributed by atoms with Crippen LogP contribution in [0.3, 0.4) is 0 Å². The lowest BCUT2D eigenvalue weighted by Crippen LogP contribution is -2.12. The van der Waals surface area contributed by atoms with Crippen molar-refractivity contribution in [2.75, 3.05) is 0 Å². The molecular weight excluding hydrogens is 382 g/mol. The predicted molar refractivity (Wildman–Crippen MR) is 83.8 cm³/mol. The minimum atomic E-state index is -4.79. The number of hydrogen-bond donors (Lipinski definition) is 1.